The molecule has 1 fully saturated rings. The van der Waals surface area contributed by atoms with Crippen LogP contribution >= 0.6 is 0 Å². The number of aliphatic hydroxyl groups excluding tert-OH is 1. The Morgan fingerprint density at radius 2 is 2.44 bits per heavy atom. The molecule has 1 N–H and O–H groups in total. The van der Waals surface area contributed by atoms with Crippen LogP contribution in [0.15, 0.2) is 0 Å². The SMILES string of the molecule is CC(O)CN1CCC1C. The molecule has 0 bridgehead atoms. The van der Waals surface area contributed by atoms with Crippen molar-refractivity contribution in [1.29, 1.82) is 0 Å². The molecule has 0 saturated carbocycles. The summed E-state index contributed by atoms with van der Waals surface area (Å²) in [6.45, 7) is 6.06. The van der Waals surface area contributed by atoms with Crippen LogP contribution in [0.1, 0.15) is 20.3 Å². The Labute approximate surface area is 56.5 Å². The van der Waals surface area contributed by atoms with E-state index in [-0.39, 0.29) is 6.10 Å². The summed E-state index contributed by atoms with van der Waals surface area (Å²) < 4.78 is 0. The highest BCUT2D eigenvalue weighted by atomic mass is 16.3. The van der Waals surface area contributed by atoms with Crippen molar-refractivity contribution in [2.45, 2.75) is 32.4 Å². The molecular weight excluding hydrogens is 114 g/mol. The highest BCUT2D eigenvalue weighted by molar-refractivity contribution is 4.79. The van der Waals surface area contributed by atoms with Gasteiger partial charge in [-0.2, -0.15) is 0 Å². The van der Waals surface area contributed by atoms with Crippen LogP contribution in [0, 0.1) is 0 Å². The van der Waals surface area contributed by atoms with Gasteiger partial charge in [-0.05, 0) is 26.8 Å². The summed E-state index contributed by atoms with van der Waals surface area (Å²) in [4.78, 5) is 2.30. The third-order valence-electron chi connectivity index (χ3n) is 1.96. The van der Waals surface area contributed by atoms with Crippen molar-refractivity contribution in [3.05, 3.63) is 0 Å². The van der Waals surface area contributed by atoms with E-state index in [9.17, 15) is 0 Å². The molecular formula is C7H15NO. The van der Waals surface area contributed by atoms with E-state index >= 15 is 0 Å². The molecule has 0 amide bonds. The van der Waals surface area contributed by atoms with Crippen molar-refractivity contribution in [3.63, 3.8) is 0 Å². The molecule has 0 aromatic heterocycles. The van der Waals surface area contributed by atoms with Gasteiger partial charge in [0, 0.05) is 12.6 Å². The van der Waals surface area contributed by atoms with Gasteiger partial charge in [0.05, 0.1) is 6.10 Å². The molecule has 2 heteroatoms. The maximum Gasteiger partial charge on any atom is 0.0639 e. The molecule has 9 heavy (non-hydrogen) atoms. The van der Waals surface area contributed by atoms with Gasteiger partial charge in [-0.3, -0.25) is 4.90 Å². The van der Waals surface area contributed by atoms with Gasteiger partial charge in [0.25, 0.3) is 0 Å². The van der Waals surface area contributed by atoms with E-state index in [1.165, 1.54) is 13.0 Å². The summed E-state index contributed by atoms with van der Waals surface area (Å²) in [6, 6.07) is 0.708. The quantitative estimate of drug-likeness (QED) is 0.585. The van der Waals surface area contributed by atoms with Crippen LogP contribution in [-0.2, 0) is 0 Å². The average Bonchev–Trinajstić information content (AvgIpc) is 1.79. The highest BCUT2D eigenvalue weighted by Gasteiger charge is 2.23. The summed E-state index contributed by atoms with van der Waals surface area (Å²) >= 11 is 0. The highest BCUT2D eigenvalue weighted by Crippen LogP contribution is 2.15. The lowest BCUT2D eigenvalue weighted by atomic mass is 10.1. The summed E-state index contributed by atoms with van der Waals surface area (Å²) in [5.74, 6) is 0. The van der Waals surface area contributed by atoms with Crippen LogP contribution < -0.4 is 0 Å². The van der Waals surface area contributed by atoms with Crippen LogP contribution in [-0.4, -0.2) is 35.2 Å². The molecule has 1 rings (SSSR count). The molecule has 0 aliphatic carbocycles. The van der Waals surface area contributed by atoms with E-state index in [2.05, 4.69) is 11.8 Å². The van der Waals surface area contributed by atoms with Crippen molar-refractivity contribution in [3.8, 4) is 0 Å². The molecule has 1 heterocycles. The Hall–Kier alpha value is -0.0800. The van der Waals surface area contributed by atoms with Crippen LogP contribution in [0.25, 0.3) is 0 Å². The fourth-order valence-corrected chi connectivity index (χ4v) is 1.18. The number of hydrogen-bond acceptors (Lipinski definition) is 2. The number of hydrogen-bond donors (Lipinski definition) is 1. The Morgan fingerprint density at radius 3 is 2.56 bits per heavy atom. The molecule has 0 aromatic rings. The van der Waals surface area contributed by atoms with Gasteiger partial charge in [0.1, 0.15) is 0 Å². The van der Waals surface area contributed by atoms with Crippen LogP contribution in [0.5, 0.6) is 0 Å². The zero-order chi connectivity index (χ0) is 6.85. The summed E-state index contributed by atoms with van der Waals surface area (Å²) in [6.07, 6.45) is 1.14. The Balaban J connectivity index is 2.13. The lowest BCUT2D eigenvalue weighted by Gasteiger charge is -2.39. The van der Waals surface area contributed by atoms with Gasteiger partial charge in [0.15, 0.2) is 0 Å². The number of likely N-dealkylation sites (tertiary alicyclic amines) is 1. The van der Waals surface area contributed by atoms with Crippen molar-refractivity contribution in [2.75, 3.05) is 13.1 Å². The van der Waals surface area contributed by atoms with E-state index in [4.69, 9.17) is 5.11 Å². The van der Waals surface area contributed by atoms with E-state index in [1.54, 1.807) is 0 Å². The Kier molecular flexibility index (Phi) is 2.09. The first-order valence-corrected chi connectivity index (χ1v) is 3.62. The van der Waals surface area contributed by atoms with Gasteiger partial charge in [-0.25, -0.2) is 0 Å². The second kappa shape index (κ2) is 2.67. The molecule has 2 atom stereocenters. The van der Waals surface area contributed by atoms with Crippen LogP contribution in [0.4, 0.5) is 0 Å². The Bertz CT molecular complexity index is 92.9. The summed E-state index contributed by atoms with van der Waals surface area (Å²) in [5.41, 5.74) is 0. The normalized spacial score (nSPS) is 31.7. The summed E-state index contributed by atoms with van der Waals surface area (Å²) in [5, 5.41) is 8.96. The molecule has 54 valence electrons. The first-order chi connectivity index (χ1) is 4.20. The van der Waals surface area contributed by atoms with Crippen molar-refractivity contribution < 1.29 is 5.11 Å². The van der Waals surface area contributed by atoms with E-state index < -0.39 is 0 Å². The fraction of sp³-hybridized carbons (Fsp3) is 1.00. The first-order valence-electron chi connectivity index (χ1n) is 3.62. The predicted octanol–water partition coefficient (Wildman–Crippen LogP) is 0.461. The van der Waals surface area contributed by atoms with Gasteiger partial charge < -0.3 is 5.11 Å². The topological polar surface area (TPSA) is 23.5 Å². The minimum absolute atomic E-state index is 0.159. The minimum atomic E-state index is -0.159. The zero-order valence-electron chi connectivity index (χ0n) is 6.17. The van der Waals surface area contributed by atoms with Gasteiger partial charge in [0.2, 0.25) is 0 Å². The second-order valence-corrected chi connectivity index (χ2v) is 2.98. The molecule has 2 nitrogen and oxygen atoms in total. The minimum Gasteiger partial charge on any atom is -0.392 e. The lowest BCUT2D eigenvalue weighted by Crippen LogP contribution is -2.48. The second-order valence-electron chi connectivity index (χ2n) is 2.98. The van der Waals surface area contributed by atoms with Crippen LogP contribution in [0.3, 0.4) is 0 Å². The fourth-order valence-electron chi connectivity index (χ4n) is 1.18. The van der Waals surface area contributed by atoms with Crippen molar-refractivity contribution in [1.82, 2.24) is 4.90 Å². The Morgan fingerprint density at radius 1 is 1.78 bits per heavy atom. The molecule has 1 aliphatic heterocycles. The smallest absolute Gasteiger partial charge is 0.0639 e. The maximum atomic E-state index is 8.96. The van der Waals surface area contributed by atoms with Gasteiger partial charge >= 0.3 is 0 Å². The number of rotatable bonds is 2. The number of β-amino-alcohol motifs (C(OH)–C–C–N with tert-alkyl or cyclic N) is 1. The van der Waals surface area contributed by atoms with Crippen LogP contribution in [0.2, 0.25) is 0 Å². The maximum absolute atomic E-state index is 8.96. The third-order valence-corrected chi connectivity index (χ3v) is 1.96. The molecule has 0 aromatic carbocycles. The standard InChI is InChI=1S/C7H15NO/c1-6-3-4-8(6)5-7(2)9/h6-7,9H,3-5H2,1-2H3. The predicted molar refractivity (Wildman–Crippen MR) is 37.3 cm³/mol. The third kappa shape index (κ3) is 1.66. The monoisotopic (exact) mass is 129 g/mol. The van der Waals surface area contributed by atoms with Gasteiger partial charge in [-0.1, -0.05) is 0 Å². The molecule has 1 aliphatic rings. The van der Waals surface area contributed by atoms with Gasteiger partial charge in [-0.15, -0.1) is 0 Å². The lowest BCUT2D eigenvalue weighted by molar-refractivity contribution is 0.0470. The van der Waals surface area contributed by atoms with E-state index in [0.29, 0.717) is 6.04 Å². The molecule has 0 spiro atoms. The van der Waals surface area contributed by atoms with Crippen molar-refractivity contribution in [2.24, 2.45) is 0 Å². The number of aliphatic hydroxyl groups is 1. The average molecular weight is 129 g/mol. The largest absolute Gasteiger partial charge is 0.392 e. The van der Waals surface area contributed by atoms with Crippen molar-refractivity contribution >= 4 is 0 Å². The molecule has 1 saturated heterocycles. The first kappa shape index (κ1) is 7.03. The molecule has 2 unspecified atom stereocenters. The van der Waals surface area contributed by atoms with E-state index in [0.717, 1.165) is 6.54 Å². The molecule has 0 radical (unpaired) electrons. The summed E-state index contributed by atoms with van der Waals surface area (Å²) in [7, 11) is 0. The zero-order valence-corrected chi connectivity index (χ0v) is 6.17. The van der Waals surface area contributed by atoms with E-state index in [1.807, 2.05) is 6.92 Å². The number of nitrogens with zero attached hydrogens (tertiary/aromatic N) is 1.